The summed E-state index contributed by atoms with van der Waals surface area (Å²) in [5.74, 6) is 1.72. The van der Waals surface area contributed by atoms with Gasteiger partial charge in [-0.05, 0) is 57.8 Å². The van der Waals surface area contributed by atoms with Gasteiger partial charge in [0.1, 0.15) is 0 Å². The molecule has 2 heterocycles. The van der Waals surface area contributed by atoms with Crippen LogP contribution < -0.4 is 0 Å². The molecule has 0 bridgehead atoms. The van der Waals surface area contributed by atoms with E-state index in [0.717, 1.165) is 38.1 Å². The molecule has 0 aromatic rings. The van der Waals surface area contributed by atoms with Crippen molar-refractivity contribution in [1.29, 1.82) is 0 Å². The number of nitrogens with zero attached hydrogens (tertiary/aromatic N) is 2. The van der Waals surface area contributed by atoms with Crippen molar-refractivity contribution in [2.45, 2.75) is 76.8 Å². The Balaban J connectivity index is 1.44. The fourth-order valence-corrected chi connectivity index (χ4v) is 5.27. The van der Waals surface area contributed by atoms with Gasteiger partial charge in [0.2, 0.25) is 11.8 Å². The molecule has 4 fully saturated rings. The SMILES string of the molecule is C[C@@H]1C[C@@H]2CCCC[C@H]2N1C(=O)[C@H]1CCCN(C(=O)C2CC2)C1. The van der Waals surface area contributed by atoms with Gasteiger partial charge in [-0.3, -0.25) is 9.59 Å². The van der Waals surface area contributed by atoms with Crippen LogP contribution in [0.4, 0.5) is 0 Å². The van der Waals surface area contributed by atoms with E-state index in [9.17, 15) is 9.59 Å². The molecule has 2 amide bonds. The third kappa shape index (κ3) is 2.89. The maximum Gasteiger partial charge on any atom is 0.227 e. The van der Waals surface area contributed by atoms with E-state index in [1.165, 1.54) is 32.1 Å². The van der Waals surface area contributed by atoms with Crippen LogP contribution in [-0.2, 0) is 9.59 Å². The molecule has 4 atom stereocenters. The number of rotatable bonds is 2. The van der Waals surface area contributed by atoms with Crippen LogP contribution in [0.25, 0.3) is 0 Å². The number of likely N-dealkylation sites (tertiary alicyclic amines) is 2. The molecule has 4 nitrogen and oxygen atoms in total. The number of hydrogen-bond donors (Lipinski definition) is 0. The van der Waals surface area contributed by atoms with Crippen LogP contribution in [0.2, 0.25) is 0 Å². The zero-order valence-electron chi connectivity index (χ0n) is 14.4. The normalized spacial score (nSPS) is 37.6. The first-order chi connectivity index (χ1) is 11.1. The van der Waals surface area contributed by atoms with Crippen LogP contribution in [0.3, 0.4) is 0 Å². The monoisotopic (exact) mass is 318 g/mol. The summed E-state index contributed by atoms with van der Waals surface area (Å²) in [6.07, 6.45) is 10.4. The molecule has 2 saturated heterocycles. The van der Waals surface area contributed by atoms with Crippen LogP contribution in [-0.4, -0.2) is 46.8 Å². The van der Waals surface area contributed by atoms with Crippen molar-refractivity contribution < 1.29 is 9.59 Å². The first kappa shape index (κ1) is 15.5. The highest BCUT2D eigenvalue weighted by atomic mass is 16.2. The Kier molecular flexibility index (Phi) is 4.10. The highest BCUT2D eigenvalue weighted by Gasteiger charge is 2.45. The minimum absolute atomic E-state index is 0.0505. The van der Waals surface area contributed by atoms with Gasteiger partial charge >= 0.3 is 0 Å². The van der Waals surface area contributed by atoms with Gasteiger partial charge in [0.05, 0.1) is 5.92 Å². The summed E-state index contributed by atoms with van der Waals surface area (Å²) in [6, 6.07) is 0.880. The Morgan fingerprint density at radius 1 is 0.870 bits per heavy atom. The zero-order chi connectivity index (χ0) is 16.0. The molecule has 23 heavy (non-hydrogen) atoms. The van der Waals surface area contributed by atoms with Gasteiger partial charge in [0.15, 0.2) is 0 Å². The molecule has 2 saturated carbocycles. The fraction of sp³-hybridized carbons (Fsp3) is 0.895. The Bertz CT molecular complexity index is 488. The van der Waals surface area contributed by atoms with E-state index in [0.29, 0.717) is 30.4 Å². The quantitative estimate of drug-likeness (QED) is 0.785. The molecule has 0 aromatic heterocycles. The molecule has 0 spiro atoms. The van der Waals surface area contributed by atoms with E-state index in [1.807, 2.05) is 4.90 Å². The molecule has 0 N–H and O–H groups in total. The number of amides is 2. The molecular formula is C19H30N2O2. The van der Waals surface area contributed by atoms with Gasteiger partial charge in [0, 0.05) is 31.1 Å². The maximum atomic E-state index is 13.2. The third-order valence-corrected chi connectivity index (χ3v) is 6.61. The Hall–Kier alpha value is -1.06. The first-order valence-corrected chi connectivity index (χ1v) is 9.76. The van der Waals surface area contributed by atoms with E-state index < -0.39 is 0 Å². The smallest absolute Gasteiger partial charge is 0.227 e. The second-order valence-electron chi connectivity index (χ2n) is 8.34. The fourth-order valence-electron chi connectivity index (χ4n) is 5.27. The second kappa shape index (κ2) is 6.10. The van der Waals surface area contributed by atoms with Crippen LogP contribution in [0.15, 0.2) is 0 Å². The summed E-state index contributed by atoms with van der Waals surface area (Å²) in [7, 11) is 0. The minimum Gasteiger partial charge on any atom is -0.342 e. The zero-order valence-corrected chi connectivity index (χ0v) is 14.4. The average molecular weight is 318 g/mol. The molecule has 0 radical (unpaired) electrons. The molecule has 4 heteroatoms. The van der Waals surface area contributed by atoms with Gasteiger partial charge in [-0.2, -0.15) is 0 Å². The lowest BCUT2D eigenvalue weighted by molar-refractivity contribution is -0.143. The van der Waals surface area contributed by atoms with Gasteiger partial charge in [-0.25, -0.2) is 0 Å². The Morgan fingerprint density at radius 3 is 2.43 bits per heavy atom. The van der Waals surface area contributed by atoms with Crippen molar-refractivity contribution in [1.82, 2.24) is 9.80 Å². The van der Waals surface area contributed by atoms with E-state index in [-0.39, 0.29) is 11.8 Å². The average Bonchev–Trinajstić information content (AvgIpc) is 3.36. The molecule has 0 unspecified atom stereocenters. The van der Waals surface area contributed by atoms with Crippen molar-refractivity contribution in [2.24, 2.45) is 17.8 Å². The lowest BCUT2D eigenvalue weighted by Gasteiger charge is -2.39. The number of hydrogen-bond acceptors (Lipinski definition) is 2. The topological polar surface area (TPSA) is 40.6 Å². The summed E-state index contributed by atoms with van der Waals surface area (Å²) < 4.78 is 0. The number of carbonyl (C=O) groups excluding carboxylic acids is 2. The number of piperidine rings is 1. The second-order valence-corrected chi connectivity index (χ2v) is 8.34. The molecule has 4 rings (SSSR count). The summed E-state index contributed by atoms with van der Waals surface area (Å²) in [5, 5.41) is 0. The molecule has 128 valence electrons. The summed E-state index contributed by atoms with van der Waals surface area (Å²) >= 11 is 0. The Labute approximate surface area is 139 Å². The predicted molar refractivity (Wildman–Crippen MR) is 88.7 cm³/mol. The van der Waals surface area contributed by atoms with E-state index >= 15 is 0 Å². The van der Waals surface area contributed by atoms with Crippen LogP contribution in [0.5, 0.6) is 0 Å². The molecule has 2 aliphatic carbocycles. The Morgan fingerprint density at radius 2 is 1.65 bits per heavy atom. The van der Waals surface area contributed by atoms with Gasteiger partial charge in [0.25, 0.3) is 0 Å². The lowest BCUT2D eigenvalue weighted by atomic mass is 9.84. The third-order valence-electron chi connectivity index (χ3n) is 6.61. The van der Waals surface area contributed by atoms with E-state index in [1.54, 1.807) is 0 Å². The van der Waals surface area contributed by atoms with Crippen molar-refractivity contribution in [3.63, 3.8) is 0 Å². The van der Waals surface area contributed by atoms with E-state index in [4.69, 9.17) is 0 Å². The van der Waals surface area contributed by atoms with Crippen LogP contribution in [0, 0.1) is 17.8 Å². The minimum atomic E-state index is 0.0505. The van der Waals surface area contributed by atoms with Crippen molar-refractivity contribution in [3.8, 4) is 0 Å². The molecular weight excluding hydrogens is 288 g/mol. The summed E-state index contributed by atoms with van der Waals surface area (Å²) in [6.45, 7) is 3.77. The predicted octanol–water partition coefficient (Wildman–Crippen LogP) is 2.81. The lowest BCUT2D eigenvalue weighted by Crippen LogP contribution is -2.50. The van der Waals surface area contributed by atoms with Crippen molar-refractivity contribution in [2.75, 3.05) is 13.1 Å². The standard InChI is InChI=1S/C19H30N2O2/c1-13-11-15-5-2-3-7-17(15)21(13)19(23)16-6-4-10-20(12-16)18(22)14-8-9-14/h13-17H,2-12H2,1H3/t13-,15+,16+,17-/m1/s1. The first-order valence-electron chi connectivity index (χ1n) is 9.76. The van der Waals surface area contributed by atoms with Crippen molar-refractivity contribution >= 4 is 11.8 Å². The van der Waals surface area contributed by atoms with Crippen LogP contribution in [0.1, 0.15) is 64.7 Å². The van der Waals surface area contributed by atoms with Crippen molar-refractivity contribution in [3.05, 3.63) is 0 Å². The number of carbonyl (C=O) groups is 2. The summed E-state index contributed by atoms with van der Waals surface area (Å²) in [4.78, 5) is 29.8. The summed E-state index contributed by atoms with van der Waals surface area (Å²) in [5.41, 5.74) is 0. The maximum absolute atomic E-state index is 13.2. The van der Waals surface area contributed by atoms with Crippen LogP contribution >= 0.6 is 0 Å². The van der Waals surface area contributed by atoms with Gasteiger partial charge < -0.3 is 9.80 Å². The molecule has 4 aliphatic rings. The molecule has 0 aromatic carbocycles. The van der Waals surface area contributed by atoms with E-state index in [2.05, 4.69) is 11.8 Å². The molecule has 2 aliphatic heterocycles. The number of fused-ring (bicyclic) bond motifs is 1. The largest absolute Gasteiger partial charge is 0.342 e. The highest BCUT2D eigenvalue weighted by molar-refractivity contribution is 5.84. The van der Waals surface area contributed by atoms with Gasteiger partial charge in [-0.1, -0.05) is 12.8 Å². The van der Waals surface area contributed by atoms with Gasteiger partial charge in [-0.15, -0.1) is 0 Å². The highest BCUT2D eigenvalue weighted by Crippen LogP contribution is 2.41.